The number of nitrogens with one attached hydrogen (secondary N) is 1. The Morgan fingerprint density at radius 2 is 2.08 bits per heavy atom. The topological polar surface area (TPSA) is 125 Å². The number of aromatic nitrogens is 4. The van der Waals surface area contributed by atoms with Gasteiger partial charge in [0.1, 0.15) is 11.4 Å². The van der Waals surface area contributed by atoms with Gasteiger partial charge in [-0.1, -0.05) is 29.2 Å². The Bertz CT molecular complexity index is 930. The summed E-state index contributed by atoms with van der Waals surface area (Å²) in [6, 6.07) is 0. The Kier molecular flexibility index (Phi) is 5.80. The molecule has 0 bridgehead atoms. The highest BCUT2D eigenvalue weighted by molar-refractivity contribution is 8.02. The highest BCUT2D eigenvalue weighted by Crippen LogP contribution is 2.30. The fraction of sp³-hybridized carbons (Fsp3) is 0.357. The van der Waals surface area contributed by atoms with Crippen LogP contribution in [0.25, 0.3) is 0 Å². The summed E-state index contributed by atoms with van der Waals surface area (Å²) in [6.07, 6.45) is 1.69. The van der Waals surface area contributed by atoms with Crippen LogP contribution in [0.15, 0.2) is 26.6 Å². The fourth-order valence-electron chi connectivity index (χ4n) is 1.99. The number of ketones is 1. The van der Waals surface area contributed by atoms with Gasteiger partial charge in [0.25, 0.3) is 5.56 Å². The maximum Gasteiger partial charge on any atom is 0.332 e. The van der Waals surface area contributed by atoms with Gasteiger partial charge in [-0.25, -0.2) is 4.79 Å². The number of anilines is 2. The third kappa shape index (κ3) is 3.82. The average Bonchev–Trinajstić information content (AvgIpc) is 3.03. The van der Waals surface area contributed by atoms with Gasteiger partial charge in [-0.15, -0.1) is 16.8 Å². The molecule has 0 aromatic carbocycles. The molecule has 134 valence electrons. The van der Waals surface area contributed by atoms with Crippen molar-refractivity contribution in [2.45, 2.75) is 16.5 Å². The molecular formula is C14H18N6O3S2. The van der Waals surface area contributed by atoms with Crippen LogP contribution < -0.4 is 22.3 Å². The van der Waals surface area contributed by atoms with E-state index in [0.29, 0.717) is 16.0 Å². The number of nitrogen functional groups attached to an aromatic ring is 1. The largest absolute Gasteiger partial charge is 0.384 e. The van der Waals surface area contributed by atoms with Gasteiger partial charge in [0, 0.05) is 20.6 Å². The molecular weight excluding hydrogens is 364 g/mol. The van der Waals surface area contributed by atoms with Crippen LogP contribution in [0.1, 0.15) is 17.3 Å². The van der Waals surface area contributed by atoms with E-state index in [1.54, 1.807) is 13.0 Å². The Labute approximate surface area is 151 Å². The minimum atomic E-state index is -0.705. The van der Waals surface area contributed by atoms with E-state index in [4.69, 9.17) is 5.73 Å². The van der Waals surface area contributed by atoms with Gasteiger partial charge in [-0.3, -0.25) is 18.7 Å². The fourth-order valence-corrected chi connectivity index (χ4v) is 3.95. The van der Waals surface area contributed by atoms with Crippen LogP contribution in [0.2, 0.25) is 0 Å². The molecule has 11 heteroatoms. The highest BCUT2D eigenvalue weighted by Gasteiger charge is 2.26. The number of hydrogen-bond donors (Lipinski definition) is 2. The first-order valence-electron chi connectivity index (χ1n) is 7.22. The molecule has 0 aliphatic carbocycles. The van der Waals surface area contributed by atoms with Crippen molar-refractivity contribution in [2.24, 2.45) is 14.1 Å². The van der Waals surface area contributed by atoms with Gasteiger partial charge in [0.05, 0.1) is 5.25 Å². The molecule has 25 heavy (non-hydrogen) atoms. The van der Waals surface area contributed by atoms with E-state index in [2.05, 4.69) is 22.1 Å². The van der Waals surface area contributed by atoms with Crippen molar-refractivity contribution in [2.75, 3.05) is 17.6 Å². The molecule has 2 heterocycles. The zero-order valence-electron chi connectivity index (χ0n) is 14.0. The minimum absolute atomic E-state index is 0.142. The number of nitrogens with zero attached hydrogens (tertiary/aromatic N) is 4. The third-order valence-electron chi connectivity index (χ3n) is 3.41. The van der Waals surface area contributed by atoms with E-state index in [1.807, 2.05) is 0 Å². The van der Waals surface area contributed by atoms with Crippen LogP contribution in [0.3, 0.4) is 0 Å². The molecule has 2 aromatic heterocycles. The van der Waals surface area contributed by atoms with Crippen LogP contribution in [-0.4, -0.2) is 36.9 Å². The van der Waals surface area contributed by atoms with Gasteiger partial charge in [0.2, 0.25) is 5.13 Å². The zero-order chi connectivity index (χ0) is 18.7. The first-order valence-corrected chi connectivity index (χ1v) is 8.92. The number of carbonyl (C=O) groups excluding carboxylic acids is 1. The number of Topliss-reactive ketones (excluding diaryl/α,β-unsaturated/α-hetero) is 1. The number of carbonyl (C=O) groups is 1. The second-order valence-electron chi connectivity index (χ2n) is 5.13. The van der Waals surface area contributed by atoms with Crippen molar-refractivity contribution in [3.05, 3.63) is 39.1 Å². The van der Waals surface area contributed by atoms with E-state index >= 15 is 0 Å². The normalized spacial score (nSPS) is 12.0. The standard InChI is InChI=1S/C14H18N6O3S2/c1-5-6-16-12-17-18-13(25-12)24-7(2)9(21)8-10(15)19(3)14(23)20(4)11(8)22/h5,7H,1,6,15H2,2-4H3,(H,16,17)/t7-/m1/s1. The van der Waals surface area contributed by atoms with E-state index in [0.717, 1.165) is 9.13 Å². The molecule has 0 saturated carbocycles. The SMILES string of the molecule is C=CCNc1nnc(S[C@H](C)C(=O)c2c(N)n(C)c(=O)n(C)c2=O)s1. The summed E-state index contributed by atoms with van der Waals surface area (Å²) >= 11 is 2.46. The molecule has 0 spiro atoms. The Morgan fingerprint density at radius 3 is 2.72 bits per heavy atom. The van der Waals surface area contributed by atoms with Crippen LogP contribution in [0.5, 0.6) is 0 Å². The number of nitrogens with two attached hydrogens (primary N) is 1. The molecule has 3 N–H and O–H groups in total. The summed E-state index contributed by atoms with van der Waals surface area (Å²) in [7, 11) is 2.72. The molecule has 9 nitrogen and oxygen atoms in total. The van der Waals surface area contributed by atoms with Crippen molar-refractivity contribution in [3.63, 3.8) is 0 Å². The summed E-state index contributed by atoms with van der Waals surface area (Å²) in [4.78, 5) is 36.8. The predicted octanol–water partition coefficient (Wildman–Crippen LogP) is 0.479. The van der Waals surface area contributed by atoms with Gasteiger partial charge < -0.3 is 11.1 Å². The maximum atomic E-state index is 12.7. The van der Waals surface area contributed by atoms with Gasteiger partial charge in [0.15, 0.2) is 10.1 Å². The summed E-state index contributed by atoms with van der Waals surface area (Å²) in [5.41, 5.74) is 4.34. The Hall–Kier alpha value is -2.40. The van der Waals surface area contributed by atoms with Crippen LogP contribution >= 0.6 is 23.1 Å². The lowest BCUT2D eigenvalue weighted by molar-refractivity contribution is 0.0992. The van der Waals surface area contributed by atoms with Crippen molar-refractivity contribution >= 4 is 39.8 Å². The predicted molar refractivity (Wildman–Crippen MR) is 99.6 cm³/mol. The second-order valence-corrected chi connectivity index (χ2v) is 7.70. The summed E-state index contributed by atoms with van der Waals surface area (Å²) in [6.45, 7) is 5.80. The molecule has 2 aromatic rings. The van der Waals surface area contributed by atoms with E-state index in [9.17, 15) is 14.4 Å². The minimum Gasteiger partial charge on any atom is -0.384 e. The molecule has 0 aliphatic heterocycles. The number of thioether (sulfide) groups is 1. The van der Waals surface area contributed by atoms with Crippen molar-refractivity contribution in [1.82, 2.24) is 19.3 Å². The van der Waals surface area contributed by atoms with E-state index in [-0.39, 0.29) is 11.4 Å². The summed E-state index contributed by atoms with van der Waals surface area (Å²) in [5, 5.41) is 10.9. The second kappa shape index (κ2) is 7.66. The van der Waals surface area contributed by atoms with Crippen LogP contribution in [0.4, 0.5) is 10.9 Å². The van der Waals surface area contributed by atoms with E-state index in [1.165, 1.54) is 37.2 Å². The van der Waals surface area contributed by atoms with Crippen molar-refractivity contribution < 1.29 is 4.79 Å². The number of rotatable bonds is 7. The first kappa shape index (κ1) is 18.9. The van der Waals surface area contributed by atoms with Crippen LogP contribution in [-0.2, 0) is 14.1 Å². The van der Waals surface area contributed by atoms with Gasteiger partial charge in [-0.2, -0.15) is 0 Å². The monoisotopic (exact) mass is 382 g/mol. The zero-order valence-corrected chi connectivity index (χ0v) is 15.6. The van der Waals surface area contributed by atoms with E-state index < -0.39 is 22.3 Å². The first-order chi connectivity index (χ1) is 11.8. The van der Waals surface area contributed by atoms with Gasteiger partial charge >= 0.3 is 5.69 Å². The van der Waals surface area contributed by atoms with Crippen molar-refractivity contribution in [1.29, 1.82) is 0 Å². The third-order valence-corrected chi connectivity index (χ3v) is 5.47. The Balaban J connectivity index is 2.26. The molecule has 0 aliphatic rings. The molecule has 0 saturated heterocycles. The summed E-state index contributed by atoms with van der Waals surface area (Å²) < 4.78 is 2.52. The summed E-state index contributed by atoms with van der Waals surface area (Å²) in [5.74, 6) is -0.606. The van der Waals surface area contributed by atoms with Crippen LogP contribution in [0, 0.1) is 0 Å². The lowest BCUT2D eigenvalue weighted by Gasteiger charge is -2.13. The smallest absolute Gasteiger partial charge is 0.332 e. The lowest BCUT2D eigenvalue weighted by atomic mass is 10.1. The van der Waals surface area contributed by atoms with Crippen molar-refractivity contribution in [3.8, 4) is 0 Å². The maximum absolute atomic E-state index is 12.7. The highest BCUT2D eigenvalue weighted by atomic mass is 32.2. The molecule has 0 unspecified atom stereocenters. The quantitative estimate of drug-likeness (QED) is 0.402. The molecule has 2 rings (SSSR count). The molecule has 0 amide bonds. The lowest BCUT2D eigenvalue weighted by Crippen LogP contribution is -2.42. The average molecular weight is 382 g/mol. The molecule has 1 atom stereocenters. The van der Waals surface area contributed by atoms with Gasteiger partial charge in [-0.05, 0) is 6.92 Å². The molecule has 0 fully saturated rings. The Morgan fingerprint density at radius 1 is 1.40 bits per heavy atom. The number of hydrogen-bond acceptors (Lipinski definition) is 9. The molecule has 0 radical (unpaired) electrons.